The minimum absolute atomic E-state index is 0.103. The number of nitro benzene ring substituents is 1. The van der Waals surface area contributed by atoms with Crippen LogP contribution in [0.15, 0.2) is 12.1 Å². The van der Waals surface area contributed by atoms with Gasteiger partial charge in [-0.2, -0.15) is 4.39 Å². The molecule has 0 aromatic heterocycles. The van der Waals surface area contributed by atoms with Crippen LogP contribution in [0.3, 0.4) is 0 Å². The van der Waals surface area contributed by atoms with Crippen LogP contribution in [0, 0.1) is 21.7 Å². The van der Waals surface area contributed by atoms with Gasteiger partial charge in [0.1, 0.15) is 5.82 Å². The number of amides is 1. The number of likely N-dealkylation sites (N-methyl/N-ethyl adjacent to an activating group) is 1. The first-order chi connectivity index (χ1) is 9.45. The van der Waals surface area contributed by atoms with Gasteiger partial charge in [0.25, 0.3) is 5.91 Å². The Labute approximate surface area is 113 Å². The highest BCUT2D eigenvalue weighted by Gasteiger charge is 2.32. The molecule has 0 unspecified atom stereocenters. The topological polar surface area (TPSA) is 75.5 Å². The van der Waals surface area contributed by atoms with Gasteiger partial charge in [0.2, 0.25) is 5.82 Å². The second-order valence-corrected chi connectivity index (χ2v) is 4.45. The van der Waals surface area contributed by atoms with Gasteiger partial charge in [0.05, 0.1) is 22.6 Å². The summed E-state index contributed by atoms with van der Waals surface area (Å²) in [5.74, 6) is -3.05. The van der Waals surface area contributed by atoms with E-state index in [4.69, 9.17) is 0 Å². The molecule has 1 heterocycles. The summed E-state index contributed by atoms with van der Waals surface area (Å²) in [5.41, 5.74) is -1.64. The molecule has 1 aliphatic rings. The number of halogens is 2. The maximum absolute atomic E-state index is 14.0. The first-order valence-corrected chi connectivity index (χ1v) is 6.10. The fraction of sp³-hybridized carbons (Fsp3) is 0.417. The molecule has 8 heteroatoms. The summed E-state index contributed by atoms with van der Waals surface area (Å²) in [6.45, 7) is 3.16. The van der Waals surface area contributed by atoms with E-state index in [1.807, 2.05) is 0 Å². The van der Waals surface area contributed by atoms with Gasteiger partial charge in [-0.05, 0) is 13.0 Å². The van der Waals surface area contributed by atoms with Crippen LogP contribution in [0.2, 0.25) is 0 Å². The van der Waals surface area contributed by atoms with Crippen LogP contribution >= 0.6 is 0 Å². The largest absolute Gasteiger partial charge is 0.333 e. The average molecular weight is 285 g/mol. The van der Waals surface area contributed by atoms with Gasteiger partial charge in [-0.1, -0.05) is 0 Å². The Bertz CT molecular complexity index is 561. The van der Waals surface area contributed by atoms with Crippen LogP contribution in [0.25, 0.3) is 0 Å². The van der Waals surface area contributed by atoms with Crippen LogP contribution in [0.1, 0.15) is 17.3 Å². The molecule has 2 rings (SSSR count). The molecule has 1 fully saturated rings. The fourth-order valence-corrected chi connectivity index (χ4v) is 2.08. The maximum Gasteiger partial charge on any atom is 0.308 e. The van der Waals surface area contributed by atoms with Gasteiger partial charge in [-0.15, -0.1) is 0 Å². The maximum atomic E-state index is 14.0. The van der Waals surface area contributed by atoms with Gasteiger partial charge in [0, 0.05) is 19.6 Å². The van der Waals surface area contributed by atoms with Crippen molar-refractivity contribution in [1.82, 2.24) is 10.2 Å². The Morgan fingerprint density at radius 1 is 1.50 bits per heavy atom. The number of hydrogen-bond acceptors (Lipinski definition) is 4. The Morgan fingerprint density at radius 3 is 2.60 bits per heavy atom. The van der Waals surface area contributed by atoms with E-state index < -0.39 is 33.7 Å². The molecule has 0 spiro atoms. The smallest absolute Gasteiger partial charge is 0.308 e. The van der Waals surface area contributed by atoms with E-state index in [9.17, 15) is 23.7 Å². The third kappa shape index (κ3) is 2.46. The lowest BCUT2D eigenvalue weighted by Crippen LogP contribution is -2.58. The van der Waals surface area contributed by atoms with E-state index >= 15 is 0 Å². The van der Waals surface area contributed by atoms with Crippen LogP contribution in [-0.2, 0) is 0 Å². The Kier molecular flexibility index (Phi) is 3.93. The molecule has 0 bridgehead atoms. The summed E-state index contributed by atoms with van der Waals surface area (Å²) in [5, 5.41) is 13.6. The Hall–Kier alpha value is -2.09. The molecule has 0 saturated carbocycles. The van der Waals surface area contributed by atoms with Crippen molar-refractivity contribution in [3.63, 3.8) is 0 Å². The zero-order valence-corrected chi connectivity index (χ0v) is 10.7. The first-order valence-electron chi connectivity index (χ1n) is 6.10. The van der Waals surface area contributed by atoms with Gasteiger partial charge in [0.15, 0.2) is 0 Å². The van der Waals surface area contributed by atoms with Crippen LogP contribution in [0.5, 0.6) is 0 Å². The highest BCUT2D eigenvalue weighted by atomic mass is 19.1. The predicted molar refractivity (Wildman–Crippen MR) is 66.4 cm³/mol. The highest BCUT2D eigenvalue weighted by molar-refractivity contribution is 5.95. The number of nitrogens with zero attached hydrogens (tertiary/aromatic N) is 2. The number of hydrogen-bond donors (Lipinski definition) is 1. The van der Waals surface area contributed by atoms with Crippen molar-refractivity contribution in [2.75, 3.05) is 19.6 Å². The van der Waals surface area contributed by atoms with Crippen molar-refractivity contribution in [1.29, 1.82) is 0 Å². The Morgan fingerprint density at radius 2 is 2.15 bits per heavy atom. The van der Waals surface area contributed by atoms with Crippen molar-refractivity contribution < 1.29 is 18.5 Å². The predicted octanol–water partition coefficient (Wildman–Crippen LogP) is 1.31. The molecule has 1 aromatic rings. The molecule has 1 aliphatic heterocycles. The number of carbonyl (C=O) groups is 1. The number of nitrogens with one attached hydrogen (secondary N) is 1. The molecule has 1 N–H and O–H groups in total. The lowest BCUT2D eigenvalue weighted by molar-refractivity contribution is -0.387. The van der Waals surface area contributed by atoms with Crippen molar-refractivity contribution in [3.05, 3.63) is 39.4 Å². The summed E-state index contributed by atoms with van der Waals surface area (Å²) in [7, 11) is 0. The number of nitro groups is 1. The standard InChI is InChI=1S/C12H13F2N3O3/c1-2-16(8-5-15-6-8)12(18)9-3-7(13)4-10(11(9)14)17(19)20/h3-4,8,15H,2,5-6H2,1H3. The highest BCUT2D eigenvalue weighted by Crippen LogP contribution is 2.24. The summed E-state index contributed by atoms with van der Waals surface area (Å²) in [6.07, 6.45) is 0. The zero-order chi connectivity index (χ0) is 14.9. The zero-order valence-electron chi connectivity index (χ0n) is 10.7. The molecule has 1 amide bonds. The van der Waals surface area contributed by atoms with E-state index in [1.54, 1.807) is 6.92 Å². The average Bonchev–Trinajstić information content (AvgIpc) is 2.34. The van der Waals surface area contributed by atoms with Crippen molar-refractivity contribution in [3.8, 4) is 0 Å². The summed E-state index contributed by atoms with van der Waals surface area (Å²) < 4.78 is 27.3. The van der Waals surface area contributed by atoms with Crippen molar-refractivity contribution in [2.45, 2.75) is 13.0 Å². The van der Waals surface area contributed by atoms with Gasteiger partial charge >= 0.3 is 5.69 Å². The Balaban J connectivity index is 2.40. The molecule has 0 aliphatic carbocycles. The molecule has 108 valence electrons. The minimum Gasteiger partial charge on any atom is -0.333 e. The second-order valence-electron chi connectivity index (χ2n) is 4.45. The molecule has 0 radical (unpaired) electrons. The van der Waals surface area contributed by atoms with E-state index in [1.165, 1.54) is 4.90 Å². The van der Waals surface area contributed by atoms with E-state index in [-0.39, 0.29) is 6.04 Å². The number of rotatable bonds is 4. The molecule has 0 atom stereocenters. The molecular formula is C12H13F2N3O3. The quantitative estimate of drug-likeness (QED) is 0.668. The molecule has 1 saturated heterocycles. The van der Waals surface area contributed by atoms with Crippen molar-refractivity contribution >= 4 is 11.6 Å². The van der Waals surface area contributed by atoms with Crippen LogP contribution < -0.4 is 5.32 Å². The van der Waals surface area contributed by atoms with E-state index in [2.05, 4.69) is 5.32 Å². The molecule has 20 heavy (non-hydrogen) atoms. The van der Waals surface area contributed by atoms with E-state index in [0.717, 1.165) is 0 Å². The van der Waals surface area contributed by atoms with Gasteiger partial charge in [-0.25, -0.2) is 4.39 Å². The third-order valence-electron chi connectivity index (χ3n) is 3.25. The molecule has 1 aromatic carbocycles. The first kappa shape index (κ1) is 14.3. The summed E-state index contributed by atoms with van der Waals surface area (Å²) >= 11 is 0. The van der Waals surface area contributed by atoms with Crippen LogP contribution in [0.4, 0.5) is 14.5 Å². The van der Waals surface area contributed by atoms with Gasteiger partial charge < -0.3 is 10.2 Å². The minimum atomic E-state index is -1.30. The third-order valence-corrected chi connectivity index (χ3v) is 3.25. The lowest BCUT2D eigenvalue weighted by Gasteiger charge is -2.37. The van der Waals surface area contributed by atoms with Crippen LogP contribution in [-0.4, -0.2) is 41.4 Å². The normalized spacial score (nSPS) is 14.8. The fourth-order valence-electron chi connectivity index (χ4n) is 2.08. The van der Waals surface area contributed by atoms with Crippen molar-refractivity contribution in [2.24, 2.45) is 0 Å². The number of carbonyl (C=O) groups excluding carboxylic acids is 1. The lowest BCUT2D eigenvalue weighted by atomic mass is 10.1. The van der Waals surface area contributed by atoms with E-state index in [0.29, 0.717) is 31.8 Å². The number of benzene rings is 1. The summed E-state index contributed by atoms with van der Waals surface area (Å²) in [6, 6.07) is 1.06. The summed E-state index contributed by atoms with van der Waals surface area (Å²) in [4.78, 5) is 23.2. The SMILES string of the molecule is CCN(C(=O)c1cc(F)cc([N+](=O)[O-])c1F)C1CNC1. The molecule has 6 nitrogen and oxygen atoms in total. The molecular weight excluding hydrogens is 272 g/mol. The monoisotopic (exact) mass is 285 g/mol. The van der Waals surface area contributed by atoms with Gasteiger partial charge in [-0.3, -0.25) is 14.9 Å². The second kappa shape index (κ2) is 5.49.